The number of aryl methyl sites for hydroxylation is 2. The van der Waals surface area contributed by atoms with Crippen molar-refractivity contribution in [1.29, 1.82) is 0 Å². The standard InChI is InChI=1S/C25H23BrF2N2O/c1-14-9-20(27)5-6-21(14)18-10-16(13-26)11-19(12-18)25(31)30-24(17-3-4-17)23-8-7-22(28)15(2)29-23/h5-12,17,24H,3-4,13H2,1-2H3,(H,30,31). The third kappa shape index (κ3) is 4.85. The van der Waals surface area contributed by atoms with E-state index in [1.165, 1.54) is 18.2 Å². The van der Waals surface area contributed by atoms with Crippen molar-refractivity contribution < 1.29 is 13.6 Å². The van der Waals surface area contributed by atoms with Crippen molar-refractivity contribution in [3.63, 3.8) is 0 Å². The van der Waals surface area contributed by atoms with Gasteiger partial charge in [-0.05, 0) is 91.3 Å². The highest BCUT2D eigenvalue weighted by Crippen LogP contribution is 2.41. The van der Waals surface area contributed by atoms with Crippen molar-refractivity contribution in [3.8, 4) is 11.1 Å². The quantitative estimate of drug-likeness (QED) is 0.410. The molecule has 1 amide bonds. The average Bonchev–Trinajstić information content (AvgIpc) is 3.58. The van der Waals surface area contributed by atoms with Crippen LogP contribution in [0.4, 0.5) is 8.78 Å². The number of halogens is 3. The van der Waals surface area contributed by atoms with Gasteiger partial charge in [0.2, 0.25) is 0 Å². The summed E-state index contributed by atoms with van der Waals surface area (Å²) in [6.45, 7) is 3.48. The molecule has 3 aromatic rings. The highest BCUT2D eigenvalue weighted by atomic mass is 79.9. The van der Waals surface area contributed by atoms with E-state index in [1.807, 2.05) is 25.1 Å². The van der Waals surface area contributed by atoms with Crippen LogP contribution in [0.5, 0.6) is 0 Å². The van der Waals surface area contributed by atoms with E-state index < -0.39 is 0 Å². The fraction of sp³-hybridized carbons (Fsp3) is 0.280. The first kappa shape index (κ1) is 21.6. The number of pyridine rings is 1. The van der Waals surface area contributed by atoms with E-state index in [0.717, 1.165) is 35.1 Å². The molecule has 1 aliphatic carbocycles. The van der Waals surface area contributed by atoms with Crippen molar-refractivity contribution in [2.75, 3.05) is 0 Å². The van der Waals surface area contributed by atoms with Gasteiger partial charge in [-0.3, -0.25) is 9.78 Å². The molecule has 1 unspecified atom stereocenters. The summed E-state index contributed by atoms with van der Waals surface area (Å²) in [5.41, 5.74) is 5.03. The monoisotopic (exact) mass is 484 g/mol. The summed E-state index contributed by atoms with van der Waals surface area (Å²) < 4.78 is 27.2. The lowest BCUT2D eigenvalue weighted by molar-refractivity contribution is 0.0930. The second-order valence-electron chi connectivity index (χ2n) is 8.10. The molecule has 1 fully saturated rings. The Morgan fingerprint density at radius 2 is 1.90 bits per heavy atom. The Bertz CT molecular complexity index is 1140. The molecule has 2 aromatic carbocycles. The zero-order valence-electron chi connectivity index (χ0n) is 17.4. The molecule has 4 rings (SSSR count). The summed E-state index contributed by atoms with van der Waals surface area (Å²) in [6, 6.07) is 13.1. The summed E-state index contributed by atoms with van der Waals surface area (Å²) in [4.78, 5) is 17.6. The van der Waals surface area contributed by atoms with Gasteiger partial charge in [-0.1, -0.05) is 28.1 Å². The van der Waals surface area contributed by atoms with Crippen molar-refractivity contribution in [1.82, 2.24) is 10.3 Å². The van der Waals surface area contributed by atoms with E-state index >= 15 is 0 Å². The summed E-state index contributed by atoms with van der Waals surface area (Å²) >= 11 is 3.48. The molecular weight excluding hydrogens is 462 g/mol. The van der Waals surface area contributed by atoms with Gasteiger partial charge in [-0.2, -0.15) is 0 Å². The molecular formula is C25H23BrF2N2O. The van der Waals surface area contributed by atoms with Gasteiger partial charge in [0.05, 0.1) is 17.4 Å². The second-order valence-corrected chi connectivity index (χ2v) is 8.66. The number of hydrogen-bond donors (Lipinski definition) is 1. The maximum Gasteiger partial charge on any atom is 0.251 e. The van der Waals surface area contributed by atoms with Crippen LogP contribution < -0.4 is 5.32 Å². The number of benzene rings is 2. The van der Waals surface area contributed by atoms with Crippen LogP contribution in [-0.4, -0.2) is 10.9 Å². The SMILES string of the molecule is Cc1cc(F)ccc1-c1cc(CBr)cc(C(=O)NC(c2ccc(F)c(C)n2)C2CC2)c1. The average molecular weight is 485 g/mol. The van der Waals surface area contributed by atoms with Crippen LogP contribution in [0.1, 0.15) is 51.8 Å². The van der Waals surface area contributed by atoms with Crippen LogP contribution >= 0.6 is 15.9 Å². The highest BCUT2D eigenvalue weighted by molar-refractivity contribution is 9.08. The van der Waals surface area contributed by atoms with Crippen molar-refractivity contribution in [3.05, 3.63) is 88.2 Å². The van der Waals surface area contributed by atoms with Gasteiger partial charge in [-0.15, -0.1) is 0 Å². The zero-order chi connectivity index (χ0) is 22.1. The minimum atomic E-state index is -0.353. The fourth-order valence-corrected chi connectivity index (χ4v) is 4.15. The van der Waals surface area contributed by atoms with Crippen molar-refractivity contribution in [2.45, 2.75) is 38.1 Å². The first-order valence-corrected chi connectivity index (χ1v) is 11.4. The van der Waals surface area contributed by atoms with Gasteiger partial charge in [0.15, 0.2) is 0 Å². The first-order chi connectivity index (χ1) is 14.9. The van der Waals surface area contributed by atoms with E-state index in [-0.39, 0.29) is 23.6 Å². The van der Waals surface area contributed by atoms with E-state index in [2.05, 4.69) is 26.2 Å². The number of aromatic nitrogens is 1. The molecule has 6 heteroatoms. The molecule has 0 spiro atoms. The Morgan fingerprint density at radius 3 is 2.55 bits per heavy atom. The van der Waals surface area contributed by atoms with Crippen LogP contribution in [-0.2, 0) is 5.33 Å². The number of nitrogens with one attached hydrogen (secondary N) is 1. The van der Waals surface area contributed by atoms with Crippen LogP contribution in [0, 0.1) is 31.4 Å². The normalized spacial score (nSPS) is 14.4. The summed E-state index contributed by atoms with van der Waals surface area (Å²) in [7, 11) is 0. The molecule has 1 aliphatic rings. The van der Waals surface area contributed by atoms with E-state index in [9.17, 15) is 13.6 Å². The van der Waals surface area contributed by atoms with Crippen molar-refractivity contribution in [2.24, 2.45) is 5.92 Å². The Hall–Kier alpha value is -2.60. The summed E-state index contributed by atoms with van der Waals surface area (Å²) in [6.07, 6.45) is 2.01. The number of nitrogens with zero attached hydrogens (tertiary/aromatic N) is 1. The van der Waals surface area contributed by atoms with Crippen LogP contribution in [0.2, 0.25) is 0 Å². The van der Waals surface area contributed by atoms with Crippen LogP contribution in [0.15, 0.2) is 48.5 Å². The predicted molar refractivity (Wildman–Crippen MR) is 121 cm³/mol. The van der Waals surface area contributed by atoms with Gasteiger partial charge in [-0.25, -0.2) is 8.78 Å². The number of alkyl halides is 1. The molecule has 0 radical (unpaired) electrons. The lowest BCUT2D eigenvalue weighted by Crippen LogP contribution is -2.30. The molecule has 1 aromatic heterocycles. The minimum absolute atomic E-state index is 0.204. The number of carbonyl (C=O) groups is 1. The molecule has 1 N–H and O–H groups in total. The molecule has 0 bridgehead atoms. The van der Waals surface area contributed by atoms with Crippen LogP contribution in [0.25, 0.3) is 11.1 Å². The molecule has 3 nitrogen and oxygen atoms in total. The van der Waals surface area contributed by atoms with Gasteiger partial charge < -0.3 is 5.32 Å². The third-order valence-electron chi connectivity index (χ3n) is 5.65. The topological polar surface area (TPSA) is 42.0 Å². The summed E-state index contributed by atoms with van der Waals surface area (Å²) in [5, 5.41) is 3.70. The largest absolute Gasteiger partial charge is 0.343 e. The number of hydrogen-bond acceptors (Lipinski definition) is 2. The molecule has 1 heterocycles. The van der Waals surface area contributed by atoms with Gasteiger partial charge >= 0.3 is 0 Å². The maximum atomic E-state index is 13.7. The third-order valence-corrected chi connectivity index (χ3v) is 6.30. The lowest BCUT2D eigenvalue weighted by Gasteiger charge is -2.19. The highest BCUT2D eigenvalue weighted by Gasteiger charge is 2.34. The Morgan fingerprint density at radius 1 is 1.13 bits per heavy atom. The molecule has 0 saturated heterocycles. The number of carbonyl (C=O) groups excluding carboxylic acids is 1. The molecule has 1 atom stereocenters. The lowest BCUT2D eigenvalue weighted by atomic mass is 9.96. The van der Waals surface area contributed by atoms with Gasteiger partial charge in [0, 0.05) is 10.9 Å². The molecule has 0 aliphatic heterocycles. The van der Waals surface area contributed by atoms with E-state index in [4.69, 9.17) is 0 Å². The predicted octanol–water partition coefficient (Wildman–Crippen LogP) is 6.42. The summed E-state index contributed by atoms with van der Waals surface area (Å²) in [5.74, 6) is -0.539. The number of rotatable bonds is 6. The smallest absolute Gasteiger partial charge is 0.251 e. The molecule has 1 saturated carbocycles. The molecule has 160 valence electrons. The Kier molecular flexibility index (Phi) is 6.19. The fourth-order valence-electron chi connectivity index (χ4n) is 3.83. The minimum Gasteiger partial charge on any atom is -0.343 e. The zero-order valence-corrected chi connectivity index (χ0v) is 19.0. The van der Waals surface area contributed by atoms with Crippen molar-refractivity contribution >= 4 is 21.8 Å². The van der Waals surface area contributed by atoms with E-state index in [1.54, 1.807) is 19.1 Å². The van der Waals surface area contributed by atoms with Gasteiger partial charge in [0.1, 0.15) is 11.6 Å². The first-order valence-electron chi connectivity index (χ1n) is 10.3. The number of amides is 1. The second kappa shape index (κ2) is 8.87. The maximum absolute atomic E-state index is 13.7. The van der Waals surface area contributed by atoms with Crippen LogP contribution in [0.3, 0.4) is 0 Å². The Balaban J connectivity index is 1.66. The van der Waals surface area contributed by atoms with Gasteiger partial charge in [0.25, 0.3) is 5.91 Å². The van der Waals surface area contributed by atoms with E-state index in [0.29, 0.717) is 28.2 Å². The molecule has 31 heavy (non-hydrogen) atoms. The Labute approximate surface area is 189 Å².